The molecular weight excluding hydrogens is 270 g/mol. The molecule has 0 saturated heterocycles. The van der Waals surface area contributed by atoms with Gasteiger partial charge >= 0.3 is 5.97 Å². The van der Waals surface area contributed by atoms with Gasteiger partial charge in [0, 0.05) is 16.7 Å². The Hall–Kier alpha value is -2.20. The Kier molecular flexibility index (Phi) is 5.26. The second-order valence-corrected chi connectivity index (χ2v) is 5.06. The third-order valence-electron chi connectivity index (χ3n) is 2.51. The van der Waals surface area contributed by atoms with Crippen LogP contribution in [0, 0.1) is 0 Å². The van der Waals surface area contributed by atoms with Crippen molar-refractivity contribution in [1.82, 2.24) is 0 Å². The van der Waals surface area contributed by atoms with Crippen molar-refractivity contribution in [2.45, 2.75) is 11.5 Å². The molecule has 0 heterocycles. The van der Waals surface area contributed by atoms with Crippen molar-refractivity contribution >= 4 is 23.4 Å². The lowest BCUT2D eigenvalue weighted by Gasteiger charge is -2.01. The molecule has 0 aliphatic carbocycles. The molecule has 0 atom stereocenters. The van der Waals surface area contributed by atoms with Crippen molar-refractivity contribution in [1.29, 1.82) is 0 Å². The van der Waals surface area contributed by atoms with Gasteiger partial charge in [0.2, 0.25) is 0 Å². The van der Waals surface area contributed by atoms with Crippen molar-refractivity contribution in [2.75, 3.05) is 5.73 Å². The highest BCUT2D eigenvalue weighted by Gasteiger charge is 1.98. The van der Waals surface area contributed by atoms with Crippen LogP contribution in [-0.2, 0) is 16.1 Å². The van der Waals surface area contributed by atoms with Crippen LogP contribution in [0.15, 0.2) is 71.0 Å². The van der Waals surface area contributed by atoms with Crippen LogP contribution >= 0.6 is 11.8 Å². The number of hydrogen-bond donors (Lipinski definition) is 1. The van der Waals surface area contributed by atoms with E-state index in [1.165, 1.54) is 17.8 Å². The van der Waals surface area contributed by atoms with E-state index in [0.717, 1.165) is 16.1 Å². The molecule has 0 bridgehead atoms. The maximum atomic E-state index is 11.5. The lowest BCUT2D eigenvalue weighted by atomic mass is 10.2. The molecule has 2 aromatic carbocycles. The predicted molar refractivity (Wildman–Crippen MR) is 82.1 cm³/mol. The van der Waals surface area contributed by atoms with E-state index in [9.17, 15) is 4.79 Å². The summed E-state index contributed by atoms with van der Waals surface area (Å²) in [5.41, 5.74) is 7.29. The number of anilines is 1. The zero-order chi connectivity index (χ0) is 14.2. The zero-order valence-corrected chi connectivity index (χ0v) is 11.7. The number of hydrogen-bond acceptors (Lipinski definition) is 4. The van der Waals surface area contributed by atoms with Crippen LogP contribution in [0.1, 0.15) is 5.56 Å². The Morgan fingerprint density at radius 1 is 1.10 bits per heavy atom. The van der Waals surface area contributed by atoms with Gasteiger partial charge in [-0.3, -0.25) is 0 Å². The Bertz CT molecular complexity index is 579. The third kappa shape index (κ3) is 4.82. The molecule has 0 fully saturated rings. The summed E-state index contributed by atoms with van der Waals surface area (Å²) in [5.74, 6) is -0.350. The van der Waals surface area contributed by atoms with Crippen LogP contribution in [0.4, 0.5) is 5.69 Å². The first-order chi connectivity index (χ1) is 9.74. The number of carbonyl (C=O) groups is 1. The monoisotopic (exact) mass is 285 g/mol. The second kappa shape index (κ2) is 7.40. The van der Waals surface area contributed by atoms with Crippen LogP contribution in [-0.4, -0.2) is 5.97 Å². The van der Waals surface area contributed by atoms with E-state index < -0.39 is 0 Å². The van der Waals surface area contributed by atoms with Gasteiger partial charge in [0.15, 0.2) is 0 Å². The number of nitrogens with two attached hydrogens (primary N) is 1. The molecule has 0 saturated carbocycles. The molecule has 0 amide bonds. The van der Waals surface area contributed by atoms with Gasteiger partial charge in [-0.1, -0.05) is 42.1 Å². The van der Waals surface area contributed by atoms with Gasteiger partial charge in [-0.05, 0) is 35.2 Å². The number of nitrogen functional groups attached to an aromatic ring is 1. The van der Waals surface area contributed by atoms with Gasteiger partial charge in [0.1, 0.15) is 6.61 Å². The van der Waals surface area contributed by atoms with E-state index in [1.807, 2.05) is 54.6 Å². The molecule has 3 nitrogen and oxygen atoms in total. The molecule has 0 spiro atoms. The average molecular weight is 285 g/mol. The van der Waals surface area contributed by atoms with Crippen LogP contribution in [0.2, 0.25) is 0 Å². The molecular formula is C16H15NO2S. The standard InChI is InChI=1S/C16H15NO2S/c17-14-6-8-15(9-7-14)20-11-10-16(18)19-12-13-4-2-1-3-5-13/h1-11H,12,17H2/b11-10+. The summed E-state index contributed by atoms with van der Waals surface area (Å²) >= 11 is 1.44. The minimum atomic E-state index is -0.350. The molecule has 2 rings (SSSR count). The summed E-state index contributed by atoms with van der Waals surface area (Å²) in [6.07, 6.45) is 1.42. The molecule has 2 N–H and O–H groups in total. The highest BCUT2D eigenvalue weighted by atomic mass is 32.2. The molecule has 4 heteroatoms. The van der Waals surface area contributed by atoms with Crippen molar-refractivity contribution in [3.63, 3.8) is 0 Å². The Balaban J connectivity index is 1.76. The maximum Gasteiger partial charge on any atom is 0.331 e. The summed E-state index contributed by atoms with van der Waals surface area (Å²) < 4.78 is 5.13. The average Bonchev–Trinajstić information content (AvgIpc) is 2.48. The quantitative estimate of drug-likeness (QED) is 0.394. The topological polar surface area (TPSA) is 52.3 Å². The molecule has 102 valence electrons. The van der Waals surface area contributed by atoms with Gasteiger partial charge in [0.25, 0.3) is 0 Å². The lowest BCUT2D eigenvalue weighted by molar-refractivity contribution is -0.138. The SMILES string of the molecule is Nc1ccc(S/C=C/C(=O)OCc2ccccc2)cc1. The minimum Gasteiger partial charge on any atom is -0.458 e. The Morgan fingerprint density at radius 3 is 2.50 bits per heavy atom. The first-order valence-corrected chi connectivity index (χ1v) is 7.01. The molecule has 0 unspecified atom stereocenters. The Morgan fingerprint density at radius 2 is 1.80 bits per heavy atom. The number of esters is 1. The van der Waals surface area contributed by atoms with E-state index >= 15 is 0 Å². The van der Waals surface area contributed by atoms with Gasteiger partial charge in [-0.15, -0.1) is 0 Å². The van der Waals surface area contributed by atoms with E-state index in [-0.39, 0.29) is 12.6 Å². The van der Waals surface area contributed by atoms with Gasteiger partial charge < -0.3 is 10.5 Å². The van der Waals surface area contributed by atoms with Crippen LogP contribution in [0.5, 0.6) is 0 Å². The summed E-state index contributed by atoms with van der Waals surface area (Å²) in [7, 11) is 0. The third-order valence-corrected chi connectivity index (χ3v) is 3.33. The fraction of sp³-hybridized carbons (Fsp3) is 0.0625. The number of carbonyl (C=O) groups excluding carboxylic acids is 1. The van der Waals surface area contributed by atoms with E-state index in [1.54, 1.807) is 5.41 Å². The molecule has 0 aliphatic heterocycles. The highest BCUT2D eigenvalue weighted by molar-refractivity contribution is 8.02. The van der Waals surface area contributed by atoms with Gasteiger partial charge in [-0.2, -0.15) is 0 Å². The first-order valence-electron chi connectivity index (χ1n) is 6.13. The summed E-state index contributed by atoms with van der Waals surface area (Å²) in [6, 6.07) is 17.0. The van der Waals surface area contributed by atoms with Crippen molar-refractivity contribution in [3.05, 3.63) is 71.6 Å². The van der Waals surface area contributed by atoms with Crippen molar-refractivity contribution in [3.8, 4) is 0 Å². The molecule has 20 heavy (non-hydrogen) atoms. The van der Waals surface area contributed by atoms with Crippen LogP contribution in [0.3, 0.4) is 0 Å². The smallest absolute Gasteiger partial charge is 0.331 e. The number of ether oxygens (including phenoxy) is 1. The first kappa shape index (κ1) is 14.2. The summed E-state index contributed by atoms with van der Waals surface area (Å²) in [5, 5.41) is 1.71. The van der Waals surface area contributed by atoms with E-state index in [2.05, 4.69) is 0 Å². The predicted octanol–water partition coefficient (Wildman–Crippen LogP) is 3.62. The lowest BCUT2D eigenvalue weighted by Crippen LogP contribution is -2.00. The Labute approximate surface area is 122 Å². The zero-order valence-electron chi connectivity index (χ0n) is 10.9. The van der Waals surface area contributed by atoms with E-state index in [0.29, 0.717) is 0 Å². The van der Waals surface area contributed by atoms with Crippen LogP contribution in [0.25, 0.3) is 0 Å². The van der Waals surface area contributed by atoms with Gasteiger partial charge in [-0.25, -0.2) is 4.79 Å². The van der Waals surface area contributed by atoms with E-state index in [4.69, 9.17) is 10.5 Å². The number of rotatable bonds is 5. The molecule has 2 aromatic rings. The fourth-order valence-electron chi connectivity index (χ4n) is 1.49. The highest BCUT2D eigenvalue weighted by Crippen LogP contribution is 2.20. The van der Waals surface area contributed by atoms with Crippen molar-refractivity contribution < 1.29 is 9.53 Å². The minimum absolute atomic E-state index is 0.288. The normalized spacial score (nSPS) is 10.6. The summed E-state index contributed by atoms with van der Waals surface area (Å²) in [4.78, 5) is 12.5. The fourth-order valence-corrected chi connectivity index (χ4v) is 2.12. The van der Waals surface area contributed by atoms with Crippen LogP contribution < -0.4 is 5.73 Å². The second-order valence-electron chi connectivity index (χ2n) is 4.08. The largest absolute Gasteiger partial charge is 0.458 e. The van der Waals surface area contributed by atoms with Crippen molar-refractivity contribution in [2.24, 2.45) is 0 Å². The number of thioether (sulfide) groups is 1. The maximum absolute atomic E-state index is 11.5. The molecule has 0 radical (unpaired) electrons. The number of benzene rings is 2. The molecule has 0 aliphatic rings. The van der Waals surface area contributed by atoms with Gasteiger partial charge in [0.05, 0.1) is 0 Å². The summed E-state index contributed by atoms with van der Waals surface area (Å²) in [6.45, 7) is 0.288. The molecule has 0 aromatic heterocycles.